The molecule has 0 saturated carbocycles. The van der Waals surface area contributed by atoms with E-state index in [-0.39, 0.29) is 5.69 Å². The number of carboxylic acid groups (broad SMARTS) is 1. The van der Waals surface area contributed by atoms with Crippen molar-refractivity contribution in [1.82, 2.24) is 5.32 Å². The van der Waals surface area contributed by atoms with Crippen LogP contribution in [-0.4, -0.2) is 21.5 Å². The number of halogens is 1. The Morgan fingerprint density at radius 1 is 1.38 bits per heavy atom. The molecule has 0 spiro atoms. The number of aliphatic carboxylic acids is 1. The van der Waals surface area contributed by atoms with Crippen molar-refractivity contribution >= 4 is 27.6 Å². The summed E-state index contributed by atoms with van der Waals surface area (Å²) in [7, 11) is 0. The summed E-state index contributed by atoms with van der Waals surface area (Å²) in [5, 5.41) is 23.2. The fourth-order valence-corrected chi connectivity index (χ4v) is 2.10. The zero-order chi connectivity index (χ0) is 16.4. The molecule has 0 fully saturated rings. The maximum Gasteiger partial charge on any atom is 0.310 e. The monoisotopic (exact) mass is 358 g/mol. The molecule has 0 aromatic heterocycles. The number of rotatable bonds is 6. The lowest BCUT2D eigenvalue weighted by Crippen LogP contribution is -2.54. The third-order valence-corrected chi connectivity index (χ3v) is 4.80. The summed E-state index contributed by atoms with van der Waals surface area (Å²) < 4.78 is 0.619. The number of hydrogen-bond donors (Lipinski definition) is 2. The first-order valence-corrected chi connectivity index (χ1v) is 7.19. The van der Waals surface area contributed by atoms with Gasteiger partial charge in [0.25, 0.3) is 5.69 Å². The highest BCUT2D eigenvalue weighted by Crippen LogP contribution is 2.31. The Labute approximate surface area is 131 Å². The second-order valence-corrected chi connectivity index (χ2v) is 6.80. The fraction of sp³-hybridized carbons (Fsp3) is 0.500. The smallest absolute Gasteiger partial charge is 0.310 e. The van der Waals surface area contributed by atoms with Crippen molar-refractivity contribution in [2.45, 2.75) is 39.8 Å². The molecule has 1 aromatic rings. The molecule has 0 bridgehead atoms. The van der Waals surface area contributed by atoms with Gasteiger partial charge in [-0.3, -0.25) is 14.9 Å². The molecule has 0 aliphatic rings. The zero-order valence-electron chi connectivity index (χ0n) is 12.4. The van der Waals surface area contributed by atoms with Gasteiger partial charge in [0.1, 0.15) is 0 Å². The highest BCUT2D eigenvalue weighted by atomic mass is 79.9. The number of nitrogens with one attached hydrogen (secondary N) is 1. The lowest BCUT2D eigenvalue weighted by atomic mass is 9.74. The van der Waals surface area contributed by atoms with E-state index in [2.05, 4.69) is 21.2 Å². The number of hydrogen-bond acceptors (Lipinski definition) is 4. The molecule has 0 unspecified atom stereocenters. The molecule has 0 amide bonds. The molecule has 21 heavy (non-hydrogen) atoms. The van der Waals surface area contributed by atoms with Gasteiger partial charge < -0.3 is 10.4 Å². The van der Waals surface area contributed by atoms with Crippen molar-refractivity contribution in [1.29, 1.82) is 0 Å². The molecule has 1 aromatic carbocycles. The van der Waals surface area contributed by atoms with E-state index in [4.69, 9.17) is 0 Å². The molecule has 0 atom stereocenters. The lowest BCUT2D eigenvalue weighted by molar-refractivity contribution is -0.384. The van der Waals surface area contributed by atoms with E-state index < -0.39 is 21.8 Å². The SMILES string of the molecule is CC(C)(NCc1ccc([N+](=O)[O-])cc1Br)C(C)(C)C(=O)O. The summed E-state index contributed by atoms with van der Waals surface area (Å²) in [5.41, 5.74) is -0.772. The van der Waals surface area contributed by atoms with Gasteiger partial charge in [-0.15, -0.1) is 0 Å². The third-order valence-electron chi connectivity index (χ3n) is 4.07. The topological polar surface area (TPSA) is 92.5 Å². The van der Waals surface area contributed by atoms with Gasteiger partial charge in [0.15, 0.2) is 0 Å². The van der Waals surface area contributed by atoms with Crippen molar-refractivity contribution in [2.24, 2.45) is 5.41 Å². The van der Waals surface area contributed by atoms with Gasteiger partial charge in [0.05, 0.1) is 10.3 Å². The molecule has 0 aliphatic carbocycles. The minimum atomic E-state index is -0.958. The Hall–Kier alpha value is -1.47. The molecule has 0 radical (unpaired) electrons. The molecule has 0 heterocycles. The highest BCUT2D eigenvalue weighted by Gasteiger charge is 2.43. The average Bonchev–Trinajstić information content (AvgIpc) is 2.36. The second-order valence-electron chi connectivity index (χ2n) is 5.94. The van der Waals surface area contributed by atoms with Crippen LogP contribution in [0.1, 0.15) is 33.3 Å². The Balaban J connectivity index is 2.89. The van der Waals surface area contributed by atoms with Crippen LogP contribution in [0, 0.1) is 15.5 Å². The Morgan fingerprint density at radius 2 is 1.95 bits per heavy atom. The van der Waals surface area contributed by atoms with E-state index in [0.717, 1.165) is 5.56 Å². The molecule has 7 heteroatoms. The predicted octanol–water partition coefficient (Wildman–Crippen LogP) is 3.34. The minimum Gasteiger partial charge on any atom is -0.481 e. The predicted molar refractivity (Wildman–Crippen MR) is 83.1 cm³/mol. The Bertz CT molecular complexity index is 570. The van der Waals surface area contributed by atoms with Crippen LogP contribution < -0.4 is 5.32 Å². The number of carbonyl (C=O) groups is 1. The summed E-state index contributed by atoms with van der Waals surface area (Å²) in [6.45, 7) is 7.36. The normalized spacial score (nSPS) is 12.2. The fourth-order valence-electron chi connectivity index (χ4n) is 1.60. The van der Waals surface area contributed by atoms with Crippen LogP contribution in [0.4, 0.5) is 5.69 Å². The Morgan fingerprint density at radius 3 is 2.38 bits per heavy atom. The van der Waals surface area contributed by atoms with Crippen molar-refractivity contribution in [3.05, 3.63) is 38.3 Å². The van der Waals surface area contributed by atoms with Crippen molar-refractivity contribution in [3.63, 3.8) is 0 Å². The summed E-state index contributed by atoms with van der Waals surface area (Å²) in [5.74, 6) is -0.886. The van der Waals surface area contributed by atoms with E-state index in [0.29, 0.717) is 11.0 Å². The number of carboxylic acids is 1. The number of benzene rings is 1. The number of nitro benzene ring substituents is 1. The van der Waals surface area contributed by atoms with Crippen molar-refractivity contribution < 1.29 is 14.8 Å². The van der Waals surface area contributed by atoms with E-state index in [9.17, 15) is 20.0 Å². The van der Waals surface area contributed by atoms with Gasteiger partial charge in [-0.05, 0) is 39.3 Å². The molecular weight excluding hydrogens is 340 g/mol. The van der Waals surface area contributed by atoms with Gasteiger partial charge >= 0.3 is 5.97 Å². The van der Waals surface area contributed by atoms with Crippen molar-refractivity contribution in [3.8, 4) is 0 Å². The summed E-state index contributed by atoms with van der Waals surface area (Å²) >= 11 is 3.30. The summed E-state index contributed by atoms with van der Waals surface area (Å²) in [4.78, 5) is 21.6. The van der Waals surface area contributed by atoms with Crippen LogP contribution in [0.15, 0.2) is 22.7 Å². The standard InChI is InChI=1S/C14H19BrN2O4/c1-13(2,12(18)19)14(3,4)16-8-9-5-6-10(17(20)21)7-11(9)15/h5-7,16H,8H2,1-4H3,(H,18,19). The number of nitrogens with zero attached hydrogens (tertiary/aromatic N) is 1. The first kappa shape index (κ1) is 17.6. The first-order valence-electron chi connectivity index (χ1n) is 6.40. The summed E-state index contributed by atoms with van der Waals surface area (Å²) in [6, 6.07) is 4.52. The van der Waals surface area contributed by atoms with E-state index >= 15 is 0 Å². The van der Waals surface area contributed by atoms with E-state index in [1.165, 1.54) is 12.1 Å². The van der Waals surface area contributed by atoms with Crippen LogP contribution in [0.5, 0.6) is 0 Å². The molecule has 116 valence electrons. The number of nitro groups is 1. The molecule has 0 saturated heterocycles. The van der Waals surface area contributed by atoms with Gasteiger partial charge in [-0.2, -0.15) is 0 Å². The molecular formula is C14H19BrN2O4. The van der Waals surface area contributed by atoms with Crippen molar-refractivity contribution in [2.75, 3.05) is 0 Å². The molecule has 1 rings (SSSR count). The maximum atomic E-state index is 11.3. The van der Waals surface area contributed by atoms with Crippen LogP contribution in [0.2, 0.25) is 0 Å². The molecule has 6 nitrogen and oxygen atoms in total. The zero-order valence-corrected chi connectivity index (χ0v) is 14.0. The van der Waals surface area contributed by atoms with E-state index in [1.54, 1.807) is 19.9 Å². The van der Waals surface area contributed by atoms with Gasteiger partial charge in [-0.25, -0.2) is 0 Å². The van der Waals surface area contributed by atoms with Gasteiger partial charge in [-0.1, -0.05) is 15.9 Å². The molecule has 2 N–H and O–H groups in total. The second kappa shape index (κ2) is 6.11. The third kappa shape index (κ3) is 3.79. The van der Waals surface area contributed by atoms with E-state index in [1.807, 2.05) is 13.8 Å². The number of non-ortho nitro benzene ring substituents is 1. The van der Waals surface area contributed by atoms with Crippen LogP contribution in [0.3, 0.4) is 0 Å². The van der Waals surface area contributed by atoms with Crippen LogP contribution in [0.25, 0.3) is 0 Å². The largest absolute Gasteiger partial charge is 0.481 e. The lowest BCUT2D eigenvalue weighted by Gasteiger charge is -2.39. The van der Waals surface area contributed by atoms with Crippen LogP contribution in [-0.2, 0) is 11.3 Å². The highest BCUT2D eigenvalue weighted by molar-refractivity contribution is 9.10. The Kier molecular flexibility index (Phi) is 5.11. The average molecular weight is 359 g/mol. The quantitative estimate of drug-likeness (QED) is 0.600. The first-order chi connectivity index (χ1) is 9.49. The van der Waals surface area contributed by atoms with Gasteiger partial charge in [0.2, 0.25) is 0 Å². The maximum absolute atomic E-state index is 11.3. The molecule has 0 aliphatic heterocycles. The van der Waals surface area contributed by atoms with Crippen LogP contribution >= 0.6 is 15.9 Å². The van der Waals surface area contributed by atoms with Gasteiger partial charge in [0, 0.05) is 28.7 Å². The minimum absolute atomic E-state index is 0.00995. The summed E-state index contributed by atoms with van der Waals surface area (Å²) in [6.07, 6.45) is 0.